The van der Waals surface area contributed by atoms with Crippen molar-refractivity contribution in [2.45, 2.75) is 74.5 Å². The number of hydrogen-bond acceptors (Lipinski definition) is 7. The number of aliphatic hydroxyl groups is 1. The predicted molar refractivity (Wildman–Crippen MR) is 136 cm³/mol. The fraction of sp³-hybridized carbons (Fsp3) is 0.630. The maximum atomic E-state index is 14.3. The Morgan fingerprint density at radius 2 is 1.93 bits per heavy atom. The number of carbonyl (C=O) groups is 2. The van der Waals surface area contributed by atoms with Crippen LogP contribution in [0.4, 0.5) is 13.2 Å². The number of ether oxygens (including phenoxy) is 2. The second-order valence-corrected chi connectivity index (χ2v) is 11.2. The number of pyridine rings is 1. The molecule has 3 aliphatic rings. The number of halogens is 3. The van der Waals surface area contributed by atoms with Gasteiger partial charge in [-0.1, -0.05) is 0 Å². The first kappa shape index (κ1) is 28.3. The maximum Gasteiger partial charge on any atom is 0.298 e. The Hall–Kier alpha value is -3.19. The van der Waals surface area contributed by atoms with Crippen molar-refractivity contribution in [1.82, 2.24) is 25.4 Å². The lowest BCUT2D eigenvalue weighted by Gasteiger charge is -2.42. The molecular weight excluding hydrogens is 531 g/mol. The molecule has 10 nitrogen and oxygen atoms in total. The largest absolute Gasteiger partial charge is 0.481 e. The van der Waals surface area contributed by atoms with E-state index >= 15 is 0 Å². The highest BCUT2D eigenvalue weighted by Gasteiger charge is 2.56. The zero-order chi connectivity index (χ0) is 28.7. The molecular formula is C27H34F3N5O5. The molecule has 2 aliphatic carbocycles. The number of amides is 2. The Labute approximate surface area is 229 Å². The van der Waals surface area contributed by atoms with Crippen LogP contribution in [0.2, 0.25) is 0 Å². The van der Waals surface area contributed by atoms with E-state index in [0.29, 0.717) is 19.4 Å². The molecule has 2 aromatic rings. The number of carbonyl (C=O) groups excluding carboxylic acids is 2. The highest BCUT2D eigenvalue weighted by molar-refractivity contribution is 5.94. The molecule has 2 aromatic heterocycles. The Kier molecular flexibility index (Phi) is 7.55. The summed E-state index contributed by atoms with van der Waals surface area (Å²) < 4.78 is 52.6. The normalized spacial score (nSPS) is 26.0. The first-order chi connectivity index (χ1) is 19.0. The third-order valence-electron chi connectivity index (χ3n) is 8.63. The van der Waals surface area contributed by atoms with Crippen LogP contribution in [0.1, 0.15) is 61.9 Å². The van der Waals surface area contributed by atoms with Gasteiger partial charge >= 0.3 is 0 Å². The van der Waals surface area contributed by atoms with Crippen LogP contribution in [0.25, 0.3) is 11.3 Å². The molecule has 3 N–H and O–H groups in total. The molecule has 40 heavy (non-hydrogen) atoms. The molecule has 1 saturated heterocycles. The summed E-state index contributed by atoms with van der Waals surface area (Å²) in [5, 5.41) is 20.3. The smallest absolute Gasteiger partial charge is 0.298 e. The number of hydrogen-bond donors (Lipinski definition) is 3. The summed E-state index contributed by atoms with van der Waals surface area (Å²) in [4.78, 5) is 32.1. The maximum absolute atomic E-state index is 14.3. The number of methoxy groups -OCH3 is 2. The summed E-state index contributed by atoms with van der Waals surface area (Å²) in [6.07, 6.45) is 3.76. The average molecular weight is 566 g/mol. The topological polar surface area (TPSA) is 130 Å². The molecule has 5 rings (SSSR count). The molecule has 1 aliphatic heterocycles. The zero-order valence-electron chi connectivity index (χ0n) is 22.5. The first-order valence-corrected chi connectivity index (χ1v) is 13.5. The second kappa shape index (κ2) is 10.7. The van der Waals surface area contributed by atoms with Crippen LogP contribution in [-0.4, -0.2) is 87.5 Å². The SMILES string of the molecule is COCC(F)(F)C1(O)CCC(NC(=O)[C@@H]2CCN(C(=O)c3cc(-c4cc(OC)ncc4F)n[nH]3)C3(CC3)C2)CC1. The van der Waals surface area contributed by atoms with Gasteiger partial charge in [0.15, 0.2) is 5.82 Å². The molecule has 3 heterocycles. The van der Waals surface area contributed by atoms with Gasteiger partial charge in [-0.25, -0.2) is 18.2 Å². The van der Waals surface area contributed by atoms with Gasteiger partial charge in [0.1, 0.15) is 17.9 Å². The number of nitrogens with zero attached hydrogens (tertiary/aromatic N) is 3. The highest BCUT2D eigenvalue weighted by atomic mass is 19.3. The third-order valence-corrected chi connectivity index (χ3v) is 8.63. The van der Waals surface area contributed by atoms with Crippen molar-refractivity contribution >= 4 is 11.8 Å². The molecule has 1 spiro atoms. The van der Waals surface area contributed by atoms with Crippen molar-refractivity contribution < 1.29 is 37.3 Å². The van der Waals surface area contributed by atoms with Crippen LogP contribution in [0.15, 0.2) is 18.3 Å². The molecule has 13 heteroatoms. The van der Waals surface area contributed by atoms with E-state index in [2.05, 4.69) is 25.2 Å². The Balaban J connectivity index is 1.18. The predicted octanol–water partition coefficient (Wildman–Crippen LogP) is 3.08. The summed E-state index contributed by atoms with van der Waals surface area (Å²) in [7, 11) is 2.59. The number of aromatic nitrogens is 3. The third kappa shape index (κ3) is 5.28. The summed E-state index contributed by atoms with van der Waals surface area (Å²) in [6.45, 7) is -0.481. The van der Waals surface area contributed by atoms with Crippen molar-refractivity contribution in [1.29, 1.82) is 0 Å². The quantitative estimate of drug-likeness (QED) is 0.449. The fourth-order valence-electron chi connectivity index (χ4n) is 6.03. The molecule has 2 amide bonds. The Morgan fingerprint density at radius 1 is 1.20 bits per heavy atom. The number of nitrogens with one attached hydrogen (secondary N) is 2. The summed E-state index contributed by atoms with van der Waals surface area (Å²) in [5.41, 5.74) is -1.94. The monoisotopic (exact) mass is 565 g/mol. The second-order valence-electron chi connectivity index (χ2n) is 11.2. The van der Waals surface area contributed by atoms with Gasteiger partial charge in [-0.2, -0.15) is 5.10 Å². The Morgan fingerprint density at radius 3 is 2.58 bits per heavy atom. The lowest BCUT2D eigenvalue weighted by atomic mass is 9.78. The van der Waals surface area contributed by atoms with Gasteiger partial charge < -0.3 is 24.8 Å². The van der Waals surface area contributed by atoms with E-state index in [4.69, 9.17) is 4.74 Å². The minimum absolute atomic E-state index is 0.131. The van der Waals surface area contributed by atoms with Crippen LogP contribution in [0.5, 0.6) is 5.88 Å². The van der Waals surface area contributed by atoms with Gasteiger partial charge in [-0.3, -0.25) is 14.7 Å². The van der Waals surface area contributed by atoms with Gasteiger partial charge in [0.05, 0.1) is 19.0 Å². The van der Waals surface area contributed by atoms with Gasteiger partial charge in [-0.05, 0) is 57.4 Å². The van der Waals surface area contributed by atoms with Crippen molar-refractivity contribution in [2.24, 2.45) is 5.92 Å². The summed E-state index contributed by atoms with van der Waals surface area (Å²) in [5.74, 6) is -4.45. The van der Waals surface area contributed by atoms with E-state index in [1.54, 1.807) is 4.90 Å². The van der Waals surface area contributed by atoms with E-state index in [9.17, 15) is 27.9 Å². The fourth-order valence-corrected chi connectivity index (χ4v) is 6.03. The van der Waals surface area contributed by atoms with Crippen molar-refractivity contribution in [3.05, 3.63) is 29.8 Å². The average Bonchev–Trinajstić information content (AvgIpc) is 3.50. The van der Waals surface area contributed by atoms with Gasteiger partial charge in [0, 0.05) is 42.8 Å². The molecule has 0 radical (unpaired) electrons. The van der Waals surface area contributed by atoms with Crippen molar-refractivity contribution in [3.8, 4) is 17.1 Å². The Bertz CT molecular complexity index is 1260. The summed E-state index contributed by atoms with van der Waals surface area (Å²) in [6, 6.07) is 2.61. The number of alkyl halides is 2. The van der Waals surface area contributed by atoms with E-state index in [1.807, 2.05) is 0 Å². The van der Waals surface area contributed by atoms with Crippen LogP contribution in [0, 0.1) is 11.7 Å². The lowest BCUT2D eigenvalue weighted by Crippen LogP contribution is -2.56. The number of aromatic amines is 1. The zero-order valence-corrected chi connectivity index (χ0v) is 22.5. The number of piperidine rings is 1. The van der Waals surface area contributed by atoms with Crippen LogP contribution < -0.4 is 10.1 Å². The van der Waals surface area contributed by atoms with Gasteiger partial charge in [0.25, 0.3) is 11.8 Å². The highest BCUT2D eigenvalue weighted by Crippen LogP contribution is 2.50. The first-order valence-electron chi connectivity index (χ1n) is 13.5. The molecule has 218 valence electrons. The van der Waals surface area contributed by atoms with E-state index in [1.165, 1.54) is 26.4 Å². The molecule has 3 fully saturated rings. The van der Waals surface area contributed by atoms with Gasteiger partial charge in [-0.15, -0.1) is 0 Å². The van der Waals surface area contributed by atoms with Crippen LogP contribution in [-0.2, 0) is 9.53 Å². The van der Waals surface area contributed by atoms with E-state index < -0.39 is 29.5 Å². The molecule has 2 saturated carbocycles. The van der Waals surface area contributed by atoms with Crippen LogP contribution in [0.3, 0.4) is 0 Å². The number of likely N-dealkylation sites (tertiary alicyclic amines) is 1. The van der Waals surface area contributed by atoms with Crippen molar-refractivity contribution in [3.63, 3.8) is 0 Å². The summed E-state index contributed by atoms with van der Waals surface area (Å²) >= 11 is 0. The van der Waals surface area contributed by atoms with Crippen LogP contribution >= 0.6 is 0 Å². The molecule has 1 atom stereocenters. The molecule has 0 unspecified atom stereocenters. The van der Waals surface area contributed by atoms with Crippen molar-refractivity contribution in [2.75, 3.05) is 27.4 Å². The number of rotatable bonds is 8. The minimum Gasteiger partial charge on any atom is -0.481 e. The van der Waals surface area contributed by atoms with Gasteiger partial charge in [0.2, 0.25) is 11.8 Å². The standard InChI is InChI=1S/C27H34F3N5O5/c1-39-15-27(29,30)26(38)6-3-17(4-7-26)32-23(36)16-5-10-35(25(13-16)8-9-25)24(37)21-12-20(33-34-21)18-11-22(40-2)31-14-19(18)28/h11-12,14,16-17,38H,3-10,13,15H2,1-2H3,(H,32,36)(H,33,34)/t16-,17?,26?/m1/s1. The molecule has 0 aromatic carbocycles. The molecule has 0 bridgehead atoms. The minimum atomic E-state index is -3.36. The van der Waals surface area contributed by atoms with E-state index in [-0.39, 0.29) is 72.3 Å². The van der Waals surface area contributed by atoms with E-state index in [0.717, 1.165) is 19.0 Å². The number of H-pyrrole nitrogens is 1. The lowest BCUT2D eigenvalue weighted by molar-refractivity contribution is -0.218.